The van der Waals surface area contributed by atoms with Crippen LogP contribution in [0.4, 0.5) is 8.78 Å². The smallest absolute Gasteiger partial charge is 0.319 e. The third kappa shape index (κ3) is 6.51. The molecule has 1 unspecified atom stereocenters. The number of halogens is 2. The molecule has 1 aromatic carbocycles. The van der Waals surface area contributed by atoms with E-state index in [0.29, 0.717) is 25.0 Å². The second-order valence-electron chi connectivity index (χ2n) is 6.86. The number of hydrogen-bond acceptors (Lipinski definition) is 3. The molecule has 1 atom stereocenters. The van der Waals surface area contributed by atoms with Crippen LogP contribution in [0.3, 0.4) is 0 Å². The average Bonchev–Trinajstić information content (AvgIpc) is 3.14. The van der Waals surface area contributed by atoms with Gasteiger partial charge < -0.3 is 15.4 Å². The third-order valence-electron chi connectivity index (χ3n) is 4.00. The molecule has 0 aliphatic heterocycles. The van der Waals surface area contributed by atoms with E-state index < -0.39 is 6.55 Å². The molecule has 1 aromatic heterocycles. The van der Waals surface area contributed by atoms with Gasteiger partial charge in [-0.25, -0.2) is 9.98 Å². The maximum Gasteiger partial charge on any atom is 0.319 e. The van der Waals surface area contributed by atoms with Gasteiger partial charge in [-0.15, -0.1) is 0 Å². The molecule has 0 spiro atoms. The van der Waals surface area contributed by atoms with Crippen molar-refractivity contribution in [2.45, 2.75) is 46.8 Å². The fraction of sp³-hybridized carbons (Fsp3) is 0.500. The van der Waals surface area contributed by atoms with Crippen molar-refractivity contribution in [3.05, 3.63) is 48.0 Å². The Morgan fingerprint density at radius 2 is 1.93 bits per heavy atom. The molecule has 6 nitrogen and oxygen atoms in total. The number of rotatable bonds is 9. The van der Waals surface area contributed by atoms with Gasteiger partial charge in [0.1, 0.15) is 18.1 Å². The van der Waals surface area contributed by atoms with E-state index in [1.807, 2.05) is 38.1 Å². The molecule has 0 saturated carbocycles. The van der Waals surface area contributed by atoms with Crippen molar-refractivity contribution in [2.24, 2.45) is 10.9 Å². The zero-order valence-corrected chi connectivity index (χ0v) is 16.8. The summed E-state index contributed by atoms with van der Waals surface area (Å²) in [5.41, 5.74) is 1.07. The maximum absolute atomic E-state index is 12.9. The van der Waals surface area contributed by atoms with Crippen LogP contribution in [0.2, 0.25) is 0 Å². The first-order valence-electron chi connectivity index (χ1n) is 9.48. The summed E-state index contributed by atoms with van der Waals surface area (Å²) in [4.78, 5) is 8.34. The third-order valence-corrected chi connectivity index (χ3v) is 4.00. The second kappa shape index (κ2) is 10.6. The van der Waals surface area contributed by atoms with Gasteiger partial charge >= 0.3 is 6.55 Å². The fourth-order valence-corrected chi connectivity index (χ4v) is 2.52. The number of nitrogens with zero attached hydrogens (tertiary/aromatic N) is 3. The Labute approximate surface area is 165 Å². The molecule has 2 aromatic rings. The largest absolute Gasteiger partial charge is 0.493 e. The minimum absolute atomic E-state index is 0.0215. The molecule has 8 heteroatoms. The lowest BCUT2D eigenvalue weighted by molar-refractivity contribution is 0.0671. The van der Waals surface area contributed by atoms with Gasteiger partial charge in [0, 0.05) is 18.9 Å². The van der Waals surface area contributed by atoms with Gasteiger partial charge in [0.25, 0.3) is 0 Å². The Balaban J connectivity index is 2.01. The van der Waals surface area contributed by atoms with Gasteiger partial charge in [-0.1, -0.05) is 26.0 Å². The van der Waals surface area contributed by atoms with Gasteiger partial charge in [-0.2, -0.15) is 8.78 Å². The molecule has 0 radical (unpaired) electrons. The summed E-state index contributed by atoms with van der Waals surface area (Å²) >= 11 is 0. The van der Waals surface area contributed by atoms with E-state index in [1.165, 1.54) is 12.4 Å². The van der Waals surface area contributed by atoms with Crippen LogP contribution < -0.4 is 15.4 Å². The summed E-state index contributed by atoms with van der Waals surface area (Å²) in [5, 5.41) is 6.42. The zero-order valence-electron chi connectivity index (χ0n) is 16.8. The van der Waals surface area contributed by atoms with Crippen LogP contribution in [0.15, 0.2) is 41.7 Å². The number of ether oxygens (including phenoxy) is 1. The normalized spacial score (nSPS) is 13.1. The Kier molecular flexibility index (Phi) is 8.22. The molecular weight excluding hydrogens is 364 g/mol. The fourth-order valence-electron chi connectivity index (χ4n) is 2.52. The standard InChI is InChI=1S/C20H29F2N5O/c1-5-23-20(25-12-18-24-10-11-27(18)19(21)22)26-15(4)16-6-8-17(9-7-16)28-13-14(2)3/h6-11,14-15,19H,5,12-13H2,1-4H3,(H2,23,25,26). The van der Waals surface area contributed by atoms with Crippen LogP contribution in [0.25, 0.3) is 0 Å². The van der Waals surface area contributed by atoms with Crippen molar-refractivity contribution < 1.29 is 13.5 Å². The van der Waals surface area contributed by atoms with E-state index in [0.717, 1.165) is 15.9 Å². The highest BCUT2D eigenvalue weighted by Gasteiger charge is 2.12. The predicted molar refractivity (Wildman–Crippen MR) is 107 cm³/mol. The first-order chi connectivity index (χ1) is 13.4. The molecule has 0 bridgehead atoms. The molecule has 1 heterocycles. The number of nitrogens with one attached hydrogen (secondary N) is 2. The van der Waals surface area contributed by atoms with Crippen molar-refractivity contribution in [3.63, 3.8) is 0 Å². The van der Waals surface area contributed by atoms with Crippen LogP contribution in [0.5, 0.6) is 5.75 Å². The van der Waals surface area contributed by atoms with Gasteiger partial charge in [0.05, 0.1) is 12.6 Å². The first-order valence-corrected chi connectivity index (χ1v) is 9.48. The van der Waals surface area contributed by atoms with E-state index in [9.17, 15) is 8.78 Å². The number of guanidine groups is 1. The van der Waals surface area contributed by atoms with Crippen molar-refractivity contribution >= 4 is 5.96 Å². The number of aliphatic imine (C=N–C) groups is 1. The topological polar surface area (TPSA) is 63.5 Å². The number of aromatic nitrogens is 2. The molecule has 0 aliphatic carbocycles. The Morgan fingerprint density at radius 1 is 1.21 bits per heavy atom. The molecular formula is C20H29F2N5O. The number of benzene rings is 1. The SMILES string of the molecule is CCNC(=NCc1nccn1C(F)F)NC(C)c1ccc(OCC(C)C)cc1. The lowest BCUT2D eigenvalue weighted by Gasteiger charge is -2.19. The molecule has 154 valence electrons. The van der Waals surface area contributed by atoms with E-state index in [2.05, 4.69) is 34.5 Å². The number of alkyl halides is 2. The van der Waals surface area contributed by atoms with Crippen molar-refractivity contribution in [1.82, 2.24) is 20.2 Å². The Bertz CT molecular complexity index is 743. The number of imidazole rings is 1. The van der Waals surface area contributed by atoms with Gasteiger partial charge in [-0.3, -0.25) is 4.57 Å². The Morgan fingerprint density at radius 3 is 2.54 bits per heavy atom. The monoisotopic (exact) mass is 393 g/mol. The van der Waals surface area contributed by atoms with Crippen molar-refractivity contribution in [3.8, 4) is 5.75 Å². The Hall–Kier alpha value is -2.64. The lowest BCUT2D eigenvalue weighted by Crippen LogP contribution is -2.38. The molecule has 0 fully saturated rings. The molecule has 2 rings (SSSR count). The predicted octanol–water partition coefficient (Wildman–Crippen LogP) is 4.13. The summed E-state index contributed by atoms with van der Waals surface area (Å²) in [6.07, 6.45) is 2.60. The second-order valence-corrected chi connectivity index (χ2v) is 6.86. The minimum atomic E-state index is -2.63. The van der Waals surface area contributed by atoms with E-state index in [4.69, 9.17) is 4.74 Å². The summed E-state index contributed by atoms with van der Waals surface area (Å²) in [6, 6.07) is 7.87. The molecule has 0 aliphatic rings. The average molecular weight is 393 g/mol. The quantitative estimate of drug-likeness (QED) is 0.497. The van der Waals surface area contributed by atoms with Crippen LogP contribution in [-0.2, 0) is 6.54 Å². The lowest BCUT2D eigenvalue weighted by atomic mass is 10.1. The molecule has 28 heavy (non-hydrogen) atoms. The molecule has 0 amide bonds. The van der Waals surface area contributed by atoms with Crippen molar-refractivity contribution in [2.75, 3.05) is 13.2 Å². The van der Waals surface area contributed by atoms with Crippen molar-refractivity contribution in [1.29, 1.82) is 0 Å². The van der Waals surface area contributed by atoms with E-state index >= 15 is 0 Å². The van der Waals surface area contributed by atoms with E-state index in [1.54, 1.807) is 0 Å². The van der Waals surface area contributed by atoms with Gasteiger partial charge in [-0.05, 0) is 37.5 Å². The highest BCUT2D eigenvalue weighted by molar-refractivity contribution is 5.80. The summed E-state index contributed by atoms with van der Waals surface area (Å²) in [5.74, 6) is 2.06. The minimum Gasteiger partial charge on any atom is -0.493 e. The highest BCUT2D eigenvalue weighted by Crippen LogP contribution is 2.18. The van der Waals surface area contributed by atoms with E-state index in [-0.39, 0.29) is 18.4 Å². The first kappa shape index (κ1) is 21.7. The molecule has 0 saturated heterocycles. The maximum atomic E-state index is 12.9. The number of hydrogen-bond donors (Lipinski definition) is 2. The van der Waals surface area contributed by atoms with Crippen LogP contribution in [0.1, 0.15) is 51.7 Å². The molecule has 2 N–H and O–H groups in total. The summed E-state index contributed by atoms with van der Waals surface area (Å²) in [7, 11) is 0. The van der Waals surface area contributed by atoms with Gasteiger partial charge in [0.2, 0.25) is 0 Å². The zero-order chi connectivity index (χ0) is 20.5. The summed E-state index contributed by atoms with van der Waals surface area (Å²) in [6.45, 7) is 6.94. The summed E-state index contributed by atoms with van der Waals surface area (Å²) < 4.78 is 32.4. The van der Waals surface area contributed by atoms with Crippen LogP contribution in [-0.4, -0.2) is 28.7 Å². The highest BCUT2D eigenvalue weighted by atomic mass is 19.3. The van der Waals surface area contributed by atoms with Crippen LogP contribution in [0, 0.1) is 5.92 Å². The van der Waals surface area contributed by atoms with Crippen LogP contribution >= 0.6 is 0 Å². The van der Waals surface area contributed by atoms with Gasteiger partial charge in [0.15, 0.2) is 5.96 Å².